The van der Waals surface area contributed by atoms with Gasteiger partial charge < -0.3 is 24.4 Å². The van der Waals surface area contributed by atoms with Crippen LogP contribution in [0.3, 0.4) is 0 Å². The highest BCUT2D eigenvalue weighted by Gasteiger charge is 2.71. The standard InChI is InChI=1S/C28H40N2O6/c31-18-9-2-1-8-16-30-24-26(33)29(20-12-5-3-6-13-20)17-11-15-28(24)23(25(30)32)22-21(36-28)14-7-4-10-19-35-27(22)34/h7,11,14-15,20-24,31H,1-6,8-10,12-13,16-19H2/b14-7-/t21-,22+,23-,24?,28-/m0/s1. The number of allylic oxidation sites excluding steroid dienone is 1. The van der Waals surface area contributed by atoms with E-state index >= 15 is 0 Å². The Kier molecular flexibility index (Phi) is 7.82. The van der Waals surface area contributed by atoms with Crippen molar-refractivity contribution in [1.29, 1.82) is 0 Å². The molecule has 2 saturated heterocycles. The first kappa shape index (κ1) is 25.5. The molecule has 1 N–H and O–H groups in total. The molecule has 3 fully saturated rings. The van der Waals surface area contributed by atoms with Crippen molar-refractivity contribution < 1.29 is 29.0 Å². The third-order valence-electron chi connectivity index (χ3n) is 8.70. The number of hydrogen-bond acceptors (Lipinski definition) is 6. The van der Waals surface area contributed by atoms with Crippen molar-refractivity contribution in [3.63, 3.8) is 0 Å². The van der Waals surface area contributed by atoms with Gasteiger partial charge in [-0.15, -0.1) is 0 Å². The molecule has 5 rings (SSSR count). The van der Waals surface area contributed by atoms with Gasteiger partial charge in [0.2, 0.25) is 11.8 Å². The fraction of sp³-hybridized carbons (Fsp3) is 0.750. The first-order chi connectivity index (χ1) is 17.6. The molecule has 8 nitrogen and oxygen atoms in total. The summed E-state index contributed by atoms with van der Waals surface area (Å²) < 4.78 is 12.2. The molecule has 0 radical (unpaired) electrons. The van der Waals surface area contributed by atoms with E-state index in [1.165, 1.54) is 6.42 Å². The fourth-order valence-electron chi connectivity index (χ4n) is 6.98. The molecule has 0 aromatic rings. The maximum Gasteiger partial charge on any atom is 0.312 e. The molecule has 2 amide bonds. The summed E-state index contributed by atoms with van der Waals surface area (Å²) in [6.45, 7) is 1.42. The van der Waals surface area contributed by atoms with Crippen LogP contribution in [0.4, 0.5) is 0 Å². The first-order valence-electron chi connectivity index (χ1n) is 14.0. The van der Waals surface area contributed by atoms with Gasteiger partial charge in [-0.1, -0.05) is 56.4 Å². The molecule has 36 heavy (non-hydrogen) atoms. The van der Waals surface area contributed by atoms with Gasteiger partial charge in [0.05, 0.1) is 18.6 Å². The predicted octanol–water partition coefficient (Wildman–Crippen LogP) is 2.74. The number of ether oxygens (including phenoxy) is 2. The molecule has 1 spiro atoms. The molecule has 4 aliphatic heterocycles. The number of carbonyl (C=O) groups excluding carboxylic acids is 3. The molecule has 5 atom stereocenters. The van der Waals surface area contributed by atoms with Crippen LogP contribution in [0.15, 0.2) is 24.3 Å². The zero-order valence-electron chi connectivity index (χ0n) is 21.2. The van der Waals surface area contributed by atoms with E-state index in [4.69, 9.17) is 14.6 Å². The van der Waals surface area contributed by atoms with E-state index in [-0.39, 0.29) is 24.5 Å². The second-order valence-corrected chi connectivity index (χ2v) is 10.9. The molecule has 1 saturated carbocycles. The lowest BCUT2D eigenvalue weighted by atomic mass is 9.78. The van der Waals surface area contributed by atoms with E-state index < -0.39 is 35.6 Å². The summed E-state index contributed by atoms with van der Waals surface area (Å²) >= 11 is 0. The summed E-state index contributed by atoms with van der Waals surface area (Å²) in [5.41, 5.74) is -1.17. The van der Waals surface area contributed by atoms with Crippen LogP contribution >= 0.6 is 0 Å². The Morgan fingerprint density at radius 1 is 0.972 bits per heavy atom. The van der Waals surface area contributed by atoms with Crippen LogP contribution in [-0.2, 0) is 23.9 Å². The number of fused-ring (bicyclic) bond motifs is 2. The van der Waals surface area contributed by atoms with E-state index in [0.29, 0.717) is 19.7 Å². The molecule has 8 heteroatoms. The van der Waals surface area contributed by atoms with Crippen LogP contribution in [0.25, 0.3) is 0 Å². The number of rotatable bonds is 7. The number of hydrogen-bond donors (Lipinski definition) is 1. The number of aliphatic hydroxyl groups is 1. The largest absolute Gasteiger partial charge is 0.465 e. The van der Waals surface area contributed by atoms with Crippen LogP contribution in [0.1, 0.15) is 70.6 Å². The van der Waals surface area contributed by atoms with Gasteiger partial charge in [0.15, 0.2) is 0 Å². The molecule has 1 aliphatic carbocycles. The van der Waals surface area contributed by atoms with Gasteiger partial charge in [-0.2, -0.15) is 0 Å². The number of likely N-dealkylation sites (tertiary alicyclic amines) is 1. The van der Waals surface area contributed by atoms with Crippen molar-refractivity contribution in [2.45, 2.75) is 94.4 Å². The monoisotopic (exact) mass is 500 g/mol. The molecule has 5 aliphatic rings. The van der Waals surface area contributed by atoms with Gasteiger partial charge in [0.25, 0.3) is 0 Å². The number of esters is 1. The molecule has 0 aromatic carbocycles. The number of cyclic esters (lactones) is 1. The Morgan fingerprint density at radius 2 is 1.78 bits per heavy atom. The second kappa shape index (κ2) is 11.1. The minimum Gasteiger partial charge on any atom is -0.465 e. The van der Waals surface area contributed by atoms with E-state index in [9.17, 15) is 14.4 Å². The maximum atomic E-state index is 14.3. The summed E-state index contributed by atoms with van der Waals surface area (Å²) in [6.07, 6.45) is 17.3. The van der Waals surface area contributed by atoms with E-state index in [0.717, 1.165) is 64.2 Å². The average molecular weight is 501 g/mol. The third-order valence-corrected chi connectivity index (χ3v) is 8.70. The summed E-state index contributed by atoms with van der Waals surface area (Å²) in [5.74, 6) is -2.16. The lowest BCUT2D eigenvalue weighted by molar-refractivity contribution is -0.155. The Hall–Kier alpha value is -2.19. The van der Waals surface area contributed by atoms with Crippen LogP contribution in [-0.4, -0.2) is 82.8 Å². The highest BCUT2D eigenvalue weighted by atomic mass is 16.6. The zero-order valence-corrected chi connectivity index (χ0v) is 21.2. The Labute approximate surface area is 213 Å². The van der Waals surface area contributed by atoms with Crippen molar-refractivity contribution in [2.75, 3.05) is 26.3 Å². The predicted molar refractivity (Wildman–Crippen MR) is 133 cm³/mol. The quantitative estimate of drug-likeness (QED) is 0.328. The summed E-state index contributed by atoms with van der Waals surface area (Å²) in [6, 6.07) is -0.597. The number of carbonyl (C=O) groups is 3. The SMILES string of the molecule is O=C1OCCC/C=C\[C@@H]2O[C@]34C=CCN(C5CCCCC5)C(=O)C3N(CCCCCCO)C(=O)[C@@H]4[C@H]12. The van der Waals surface area contributed by atoms with Gasteiger partial charge in [0, 0.05) is 25.7 Å². The maximum absolute atomic E-state index is 14.3. The van der Waals surface area contributed by atoms with Gasteiger partial charge in [0.1, 0.15) is 17.6 Å². The smallest absolute Gasteiger partial charge is 0.312 e. The zero-order chi connectivity index (χ0) is 25.1. The topological polar surface area (TPSA) is 96.4 Å². The van der Waals surface area contributed by atoms with Crippen molar-refractivity contribution >= 4 is 17.8 Å². The van der Waals surface area contributed by atoms with E-state index in [1.54, 1.807) is 4.90 Å². The highest BCUT2D eigenvalue weighted by Crippen LogP contribution is 2.53. The van der Waals surface area contributed by atoms with Crippen LogP contribution in [0.5, 0.6) is 0 Å². The van der Waals surface area contributed by atoms with Crippen LogP contribution in [0.2, 0.25) is 0 Å². The van der Waals surface area contributed by atoms with Crippen LogP contribution in [0, 0.1) is 11.8 Å². The Balaban J connectivity index is 1.49. The Bertz CT molecular complexity index is 896. The molecule has 0 aromatic heterocycles. The molecular weight excluding hydrogens is 460 g/mol. The molecule has 0 bridgehead atoms. The summed E-state index contributed by atoms with van der Waals surface area (Å²) in [5, 5.41) is 9.11. The van der Waals surface area contributed by atoms with Crippen molar-refractivity contribution in [3.8, 4) is 0 Å². The number of unbranched alkanes of at least 4 members (excludes halogenated alkanes) is 3. The molecular formula is C28H40N2O6. The molecule has 1 unspecified atom stereocenters. The highest BCUT2D eigenvalue weighted by molar-refractivity contribution is 5.99. The molecule has 4 heterocycles. The lowest BCUT2D eigenvalue weighted by Gasteiger charge is -2.39. The number of aliphatic hydroxyl groups excluding tert-OH is 1. The fourth-order valence-corrected chi connectivity index (χ4v) is 6.98. The Morgan fingerprint density at radius 3 is 2.58 bits per heavy atom. The van der Waals surface area contributed by atoms with E-state index in [2.05, 4.69) is 0 Å². The van der Waals surface area contributed by atoms with Crippen molar-refractivity contribution in [1.82, 2.24) is 9.80 Å². The second-order valence-electron chi connectivity index (χ2n) is 10.9. The third kappa shape index (κ3) is 4.51. The number of amides is 2. The van der Waals surface area contributed by atoms with Gasteiger partial charge >= 0.3 is 5.97 Å². The van der Waals surface area contributed by atoms with Crippen LogP contribution < -0.4 is 0 Å². The summed E-state index contributed by atoms with van der Waals surface area (Å²) in [7, 11) is 0. The summed E-state index contributed by atoms with van der Waals surface area (Å²) in [4.78, 5) is 45.2. The van der Waals surface area contributed by atoms with Gasteiger partial charge in [-0.05, 0) is 38.5 Å². The minimum absolute atomic E-state index is 0.0538. The van der Waals surface area contributed by atoms with E-state index in [1.807, 2.05) is 29.2 Å². The van der Waals surface area contributed by atoms with Crippen molar-refractivity contribution in [2.24, 2.45) is 11.8 Å². The number of nitrogens with zero attached hydrogens (tertiary/aromatic N) is 2. The minimum atomic E-state index is -1.17. The molecule has 198 valence electrons. The van der Waals surface area contributed by atoms with Crippen molar-refractivity contribution in [3.05, 3.63) is 24.3 Å². The first-order valence-corrected chi connectivity index (χ1v) is 14.0. The average Bonchev–Trinajstić information content (AvgIpc) is 3.29. The normalized spacial score (nSPS) is 35.9. The lowest BCUT2D eigenvalue weighted by Crippen LogP contribution is -2.57. The van der Waals surface area contributed by atoms with Gasteiger partial charge in [-0.25, -0.2) is 0 Å². The van der Waals surface area contributed by atoms with Gasteiger partial charge in [-0.3, -0.25) is 14.4 Å².